The molecule has 1 aromatic rings. The SMILES string of the molecule is COc1ccc(C(=O)CCOCC(F)F)cc1OC. The largest absolute Gasteiger partial charge is 0.493 e. The summed E-state index contributed by atoms with van der Waals surface area (Å²) in [6.07, 6.45) is -2.47. The molecule has 0 radical (unpaired) electrons. The van der Waals surface area contributed by atoms with Crippen LogP contribution in [0.2, 0.25) is 0 Å². The fraction of sp³-hybridized carbons (Fsp3) is 0.462. The van der Waals surface area contributed by atoms with Crippen LogP contribution < -0.4 is 9.47 Å². The van der Waals surface area contributed by atoms with Gasteiger partial charge in [-0.15, -0.1) is 0 Å². The van der Waals surface area contributed by atoms with Gasteiger partial charge in [0.1, 0.15) is 6.61 Å². The third kappa shape index (κ3) is 4.82. The molecule has 0 aromatic heterocycles. The molecule has 0 atom stereocenters. The molecular formula is C13H16F2O4. The minimum atomic E-state index is -2.52. The van der Waals surface area contributed by atoms with Gasteiger partial charge in [0.05, 0.1) is 20.8 Å². The fourth-order valence-electron chi connectivity index (χ4n) is 1.49. The van der Waals surface area contributed by atoms with Gasteiger partial charge in [-0.3, -0.25) is 4.79 Å². The zero-order chi connectivity index (χ0) is 14.3. The molecule has 0 saturated heterocycles. The molecule has 0 saturated carbocycles. The number of benzene rings is 1. The van der Waals surface area contributed by atoms with Crippen molar-refractivity contribution in [3.63, 3.8) is 0 Å². The van der Waals surface area contributed by atoms with Gasteiger partial charge in [-0.1, -0.05) is 0 Å². The normalized spacial score (nSPS) is 10.6. The summed E-state index contributed by atoms with van der Waals surface area (Å²) in [5.74, 6) is 0.769. The van der Waals surface area contributed by atoms with Crippen molar-refractivity contribution in [3.05, 3.63) is 23.8 Å². The van der Waals surface area contributed by atoms with E-state index in [4.69, 9.17) is 9.47 Å². The Morgan fingerprint density at radius 3 is 2.47 bits per heavy atom. The van der Waals surface area contributed by atoms with E-state index in [0.29, 0.717) is 17.1 Å². The number of carbonyl (C=O) groups excluding carboxylic acids is 1. The lowest BCUT2D eigenvalue weighted by molar-refractivity contribution is 0.0170. The summed E-state index contributed by atoms with van der Waals surface area (Å²) in [4.78, 5) is 11.8. The van der Waals surface area contributed by atoms with Crippen molar-refractivity contribution in [3.8, 4) is 11.5 Å². The molecule has 0 spiro atoms. The smallest absolute Gasteiger partial charge is 0.261 e. The number of ether oxygens (including phenoxy) is 3. The summed E-state index contributed by atoms with van der Waals surface area (Å²) in [7, 11) is 2.97. The molecule has 19 heavy (non-hydrogen) atoms. The van der Waals surface area contributed by atoms with E-state index < -0.39 is 13.0 Å². The molecule has 0 N–H and O–H groups in total. The number of alkyl halides is 2. The minimum absolute atomic E-state index is 0.0302. The molecule has 0 amide bonds. The number of carbonyl (C=O) groups is 1. The summed E-state index contributed by atoms with van der Waals surface area (Å²) < 4.78 is 38.4. The van der Waals surface area contributed by atoms with Gasteiger partial charge in [0.15, 0.2) is 17.3 Å². The van der Waals surface area contributed by atoms with Crippen LogP contribution in [-0.2, 0) is 4.74 Å². The van der Waals surface area contributed by atoms with Crippen molar-refractivity contribution >= 4 is 5.78 Å². The third-order valence-corrected chi connectivity index (χ3v) is 2.42. The zero-order valence-electron chi connectivity index (χ0n) is 10.8. The molecule has 106 valence electrons. The van der Waals surface area contributed by atoms with Gasteiger partial charge in [-0.05, 0) is 18.2 Å². The number of Topliss-reactive ketones (excluding diaryl/α,β-unsaturated/α-hetero) is 1. The predicted octanol–water partition coefficient (Wildman–Crippen LogP) is 2.56. The van der Waals surface area contributed by atoms with E-state index in [9.17, 15) is 13.6 Å². The second kappa shape index (κ2) is 7.68. The molecular weight excluding hydrogens is 258 g/mol. The van der Waals surface area contributed by atoms with Crippen LogP contribution in [0.25, 0.3) is 0 Å². The maximum absolute atomic E-state index is 11.8. The Kier molecular flexibility index (Phi) is 6.21. The highest BCUT2D eigenvalue weighted by Gasteiger charge is 2.11. The highest BCUT2D eigenvalue weighted by Crippen LogP contribution is 2.27. The number of rotatable bonds is 8. The number of halogens is 2. The fourth-order valence-corrected chi connectivity index (χ4v) is 1.49. The van der Waals surface area contributed by atoms with E-state index in [1.807, 2.05) is 0 Å². The van der Waals surface area contributed by atoms with Gasteiger partial charge in [-0.25, -0.2) is 8.78 Å². The lowest BCUT2D eigenvalue weighted by Gasteiger charge is -2.09. The highest BCUT2D eigenvalue weighted by molar-refractivity contribution is 5.96. The maximum Gasteiger partial charge on any atom is 0.261 e. The molecule has 0 aliphatic heterocycles. The Bertz CT molecular complexity index is 421. The molecule has 0 bridgehead atoms. The van der Waals surface area contributed by atoms with E-state index in [-0.39, 0.29) is 18.8 Å². The summed E-state index contributed by atoms with van der Waals surface area (Å²) in [6.45, 7) is -0.684. The second-order valence-corrected chi connectivity index (χ2v) is 3.71. The lowest BCUT2D eigenvalue weighted by atomic mass is 10.1. The Labute approximate surface area is 110 Å². The van der Waals surface area contributed by atoms with Gasteiger partial charge in [0.2, 0.25) is 0 Å². The Hall–Kier alpha value is -1.69. The van der Waals surface area contributed by atoms with Crippen LogP contribution in [-0.4, -0.2) is 39.6 Å². The van der Waals surface area contributed by atoms with Gasteiger partial charge in [0.25, 0.3) is 6.43 Å². The van der Waals surface area contributed by atoms with E-state index in [2.05, 4.69) is 4.74 Å². The molecule has 4 nitrogen and oxygen atoms in total. The quantitative estimate of drug-likeness (QED) is 0.540. The summed E-state index contributed by atoms with van der Waals surface area (Å²) in [5.41, 5.74) is 0.429. The van der Waals surface area contributed by atoms with E-state index in [1.165, 1.54) is 14.2 Å². The monoisotopic (exact) mass is 274 g/mol. The van der Waals surface area contributed by atoms with Crippen molar-refractivity contribution in [1.29, 1.82) is 0 Å². The Morgan fingerprint density at radius 2 is 1.89 bits per heavy atom. The Morgan fingerprint density at radius 1 is 1.21 bits per heavy atom. The van der Waals surface area contributed by atoms with Crippen molar-refractivity contribution in [2.45, 2.75) is 12.8 Å². The van der Waals surface area contributed by atoms with Crippen molar-refractivity contribution in [2.24, 2.45) is 0 Å². The summed E-state index contributed by atoms with van der Waals surface area (Å²) >= 11 is 0. The van der Waals surface area contributed by atoms with Crippen molar-refractivity contribution < 1.29 is 27.8 Å². The minimum Gasteiger partial charge on any atom is -0.493 e. The van der Waals surface area contributed by atoms with E-state index in [0.717, 1.165) is 0 Å². The van der Waals surface area contributed by atoms with Crippen molar-refractivity contribution in [2.75, 3.05) is 27.4 Å². The first-order chi connectivity index (χ1) is 9.08. The van der Waals surface area contributed by atoms with Crippen LogP contribution in [0.3, 0.4) is 0 Å². The maximum atomic E-state index is 11.8. The molecule has 1 rings (SSSR count). The number of hydrogen-bond donors (Lipinski definition) is 0. The van der Waals surface area contributed by atoms with Crippen LogP contribution >= 0.6 is 0 Å². The van der Waals surface area contributed by atoms with Crippen LogP contribution in [0, 0.1) is 0 Å². The first-order valence-corrected chi connectivity index (χ1v) is 5.69. The van der Waals surface area contributed by atoms with Gasteiger partial charge >= 0.3 is 0 Å². The van der Waals surface area contributed by atoms with Crippen LogP contribution in [0.15, 0.2) is 18.2 Å². The summed E-state index contributed by atoms with van der Waals surface area (Å²) in [6, 6.07) is 4.76. The van der Waals surface area contributed by atoms with Crippen molar-refractivity contribution in [1.82, 2.24) is 0 Å². The molecule has 0 heterocycles. The molecule has 0 aliphatic carbocycles. The van der Waals surface area contributed by atoms with Crippen LogP contribution in [0.1, 0.15) is 16.8 Å². The molecule has 1 aromatic carbocycles. The Balaban J connectivity index is 2.57. The van der Waals surface area contributed by atoms with Gasteiger partial charge in [0, 0.05) is 12.0 Å². The third-order valence-electron chi connectivity index (χ3n) is 2.42. The van der Waals surface area contributed by atoms with Gasteiger partial charge in [-0.2, -0.15) is 0 Å². The highest BCUT2D eigenvalue weighted by atomic mass is 19.3. The molecule has 6 heteroatoms. The number of ketones is 1. The number of methoxy groups -OCH3 is 2. The molecule has 0 fully saturated rings. The zero-order valence-corrected chi connectivity index (χ0v) is 10.8. The number of hydrogen-bond acceptors (Lipinski definition) is 4. The average Bonchev–Trinajstić information content (AvgIpc) is 2.42. The first kappa shape index (κ1) is 15.4. The lowest BCUT2D eigenvalue weighted by Crippen LogP contribution is -2.09. The second-order valence-electron chi connectivity index (χ2n) is 3.71. The predicted molar refractivity (Wildman–Crippen MR) is 65.3 cm³/mol. The van der Waals surface area contributed by atoms with E-state index in [1.54, 1.807) is 18.2 Å². The molecule has 0 aliphatic rings. The van der Waals surface area contributed by atoms with Gasteiger partial charge < -0.3 is 14.2 Å². The first-order valence-electron chi connectivity index (χ1n) is 5.69. The van der Waals surface area contributed by atoms with Crippen LogP contribution in [0.5, 0.6) is 11.5 Å². The average molecular weight is 274 g/mol. The van der Waals surface area contributed by atoms with Crippen LogP contribution in [0.4, 0.5) is 8.78 Å². The summed E-state index contributed by atoms with van der Waals surface area (Å²) in [5, 5.41) is 0. The molecule has 0 unspecified atom stereocenters. The standard InChI is InChI=1S/C13H16F2O4/c1-17-11-4-3-9(7-12(11)18-2)10(16)5-6-19-8-13(14)15/h3-4,7,13H,5-6,8H2,1-2H3. The van der Waals surface area contributed by atoms with E-state index >= 15 is 0 Å². The topological polar surface area (TPSA) is 44.8 Å².